The molecule has 1 unspecified atom stereocenters. The Balaban J connectivity index is 1.80. The Kier molecular flexibility index (Phi) is 4.42. The van der Waals surface area contributed by atoms with Gasteiger partial charge in [0.25, 0.3) is 0 Å². The quantitative estimate of drug-likeness (QED) is 0.788. The molecule has 1 aliphatic rings. The van der Waals surface area contributed by atoms with Crippen LogP contribution in [0.2, 0.25) is 0 Å². The minimum atomic E-state index is 0.0684. The predicted octanol–water partition coefficient (Wildman–Crippen LogP) is 2.19. The first-order valence-corrected chi connectivity index (χ1v) is 7.14. The number of hydrogen-bond acceptors (Lipinski definition) is 3. The highest BCUT2D eigenvalue weighted by molar-refractivity contribution is 7.10. The highest BCUT2D eigenvalue weighted by Crippen LogP contribution is 2.26. The van der Waals surface area contributed by atoms with Gasteiger partial charge >= 0.3 is 0 Å². The summed E-state index contributed by atoms with van der Waals surface area (Å²) in [6.45, 7) is 5.99. The molecule has 3 nitrogen and oxygen atoms in total. The van der Waals surface area contributed by atoms with Crippen molar-refractivity contribution in [1.82, 2.24) is 9.80 Å². The molecule has 0 aliphatic carbocycles. The molecular weight excluding hydrogens is 256 g/mol. The number of thiophene rings is 1. The maximum atomic E-state index is 11.2. The molecule has 1 atom stereocenters. The molecule has 2 rings (SSSR count). The number of nitrogens with zero attached hydrogens (tertiary/aromatic N) is 2. The largest absolute Gasteiger partial charge is 0.340 e. The minimum absolute atomic E-state index is 0.0684. The molecule has 1 aromatic rings. The van der Waals surface area contributed by atoms with Crippen LogP contribution >= 0.6 is 22.9 Å². The lowest BCUT2D eigenvalue weighted by molar-refractivity contribution is -0.130. The molecule has 1 aromatic heterocycles. The lowest BCUT2D eigenvalue weighted by atomic mass is 10.2. The Morgan fingerprint density at radius 2 is 2.18 bits per heavy atom. The fourth-order valence-electron chi connectivity index (χ4n) is 2.03. The van der Waals surface area contributed by atoms with E-state index in [1.54, 1.807) is 18.3 Å². The molecule has 1 fully saturated rings. The van der Waals surface area contributed by atoms with E-state index >= 15 is 0 Å². The van der Waals surface area contributed by atoms with Crippen LogP contribution in [0.4, 0.5) is 0 Å². The zero-order valence-corrected chi connectivity index (χ0v) is 11.5. The number of carbonyl (C=O) groups is 1. The first-order chi connectivity index (χ1) is 8.16. The summed E-state index contributed by atoms with van der Waals surface area (Å²) < 4.78 is 0. The van der Waals surface area contributed by atoms with Gasteiger partial charge in [-0.25, -0.2) is 0 Å². The maximum absolute atomic E-state index is 11.2. The van der Waals surface area contributed by atoms with Crippen molar-refractivity contribution in [3.05, 3.63) is 22.4 Å². The summed E-state index contributed by atoms with van der Waals surface area (Å²) in [5.74, 6) is 0.172. The summed E-state index contributed by atoms with van der Waals surface area (Å²) in [7, 11) is 0. The van der Waals surface area contributed by atoms with Crippen LogP contribution in [0.25, 0.3) is 0 Å². The number of hydrogen-bond donors (Lipinski definition) is 0. The highest BCUT2D eigenvalue weighted by atomic mass is 35.5. The first kappa shape index (κ1) is 12.9. The van der Waals surface area contributed by atoms with Crippen LogP contribution in [-0.4, -0.2) is 48.4 Å². The van der Waals surface area contributed by atoms with Crippen LogP contribution in [0.5, 0.6) is 0 Å². The summed E-state index contributed by atoms with van der Waals surface area (Å²) >= 11 is 8.07. The van der Waals surface area contributed by atoms with E-state index in [-0.39, 0.29) is 11.3 Å². The van der Waals surface area contributed by atoms with Gasteiger partial charge in [0.2, 0.25) is 5.91 Å². The van der Waals surface area contributed by atoms with Gasteiger partial charge in [-0.3, -0.25) is 9.69 Å². The first-order valence-electron chi connectivity index (χ1n) is 5.82. The van der Waals surface area contributed by atoms with Crippen LogP contribution in [0.3, 0.4) is 0 Å². The van der Waals surface area contributed by atoms with E-state index in [0.29, 0.717) is 0 Å². The Morgan fingerprint density at radius 1 is 1.47 bits per heavy atom. The molecule has 94 valence electrons. The summed E-state index contributed by atoms with van der Waals surface area (Å²) in [4.78, 5) is 16.6. The number of amides is 1. The second-order valence-electron chi connectivity index (χ2n) is 4.29. The zero-order chi connectivity index (χ0) is 12.3. The van der Waals surface area contributed by atoms with Gasteiger partial charge in [0.05, 0.1) is 5.38 Å². The smallest absolute Gasteiger partial charge is 0.219 e. The van der Waals surface area contributed by atoms with E-state index in [0.717, 1.165) is 32.7 Å². The van der Waals surface area contributed by atoms with Crippen LogP contribution in [0.1, 0.15) is 17.2 Å². The lowest BCUT2D eigenvalue weighted by Crippen LogP contribution is -2.48. The van der Waals surface area contributed by atoms with E-state index in [2.05, 4.69) is 16.3 Å². The van der Waals surface area contributed by atoms with Gasteiger partial charge in [-0.2, -0.15) is 0 Å². The number of piperazine rings is 1. The molecule has 0 spiro atoms. The summed E-state index contributed by atoms with van der Waals surface area (Å²) in [5, 5.41) is 2.12. The second kappa shape index (κ2) is 5.85. The van der Waals surface area contributed by atoms with Crippen molar-refractivity contribution in [3.63, 3.8) is 0 Å². The summed E-state index contributed by atoms with van der Waals surface area (Å²) in [6.07, 6.45) is 0. The van der Waals surface area contributed by atoms with Crippen LogP contribution in [-0.2, 0) is 4.79 Å². The molecule has 1 amide bonds. The molecule has 17 heavy (non-hydrogen) atoms. The molecule has 0 aromatic carbocycles. The standard InChI is InChI=1S/C12H17ClN2OS/c1-10(16)15-6-4-14(5-7-15)9-11(13)12-3-2-8-17-12/h2-3,8,11H,4-7,9H2,1H3. The third kappa shape index (κ3) is 3.44. The Hall–Kier alpha value is -0.580. The van der Waals surface area contributed by atoms with Crippen LogP contribution < -0.4 is 0 Å². The van der Waals surface area contributed by atoms with E-state index in [1.165, 1.54) is 4.88 Å². The predicted molar refractivity (Wildman–Crippen MR) is 71.6 cm³/mol. The van der Waals surface area contributed by atoms with Crippen LogP contribution in [0, 0.1) is 0 Å². The highest BCUT2D eigenvalue weighted by Gasteiger charge is 2.21. The molecule has 0 saturated carbocycles. The molecule has 0 radical (unpaired) electrons. The fraction of sp³-hybridized carbons (Fsp3) is 0.583. The average Bonchev–Trinajstić information content (AvgIpc) is 2.83. The normalized spacial score (nSPS) is 19.3. The molecule has 1 saturated heterocycles. The lowest BCUT2D eigenvalue weighted by Gasteiger charge is -2.34. The van der Waals surface area contributed by atoms with Crippen molar-refractivity contribution >= 4 is 28.8 Å². The Morgan fingerprint density at radius 3 is 2.71 bits per heavy atom. The van der Waals surface area contributed by atoms with Crippen molar-refractivity contribution in [2.24, 2.45) is 0 Å². The molecule has 1 aliphatic heterocycles. The van der Waals surface area contributed by atoms with Crippen molar-refractivity contribution in [3.8, 4) is 0 Å². The van der Waals surface area contributed by atoms with Gasteiger partial charge in [-0.15, -0.1) is 22.9 Å². The number of alkyl halides is 1. The molecule has 2 heterocycles. The average molecular weight is 273 g/mol. The molecular formula is C12H17ClN2OS. The van der Waals surface area contributed by atoms with Gasteiger partial charge in [0.1, 0.15) is 0 Å². The molecule has 0 N–H and O–H groups in total. The van der Waals surface area contributed by atoms with Crippen molar-refractivity contribution in [2.45, 2.75) is 12.3 Å². The second-order valence-corrected chi connectivity index (χ2v) is 5.80. The van der Waals surface area contributed by atoms with E-state index in [1.807, 2.05) is 11.0 Å². The maximum Gasteiger partial charge on any atom is 0.219 e. The van der Waals surface area contributed by atoms with Crippen molar-refractivity contribution in [2.75, 3.05) is 32.7 Å². The third-order valence-electron chi connectivity index (χ3n) is 3.09. The molecule has 5 heteroatoms. The van der Waals surface area contributed by atoms with E-state index < -0.39 is 0 Å². The van der Waals surface area contributed by atoms with Gasteiger partial charge in [-0.05, 0) is 11.4 Å². The molecule has 0 bridgehead atoms. The monoisotopic (exact) mass is 272 g/mol. The number of carbonyl (C=O) groups excluding carboxylic acids is 1. The van der Waals surface area contributed by atoms with Crippen molar-refractivity contribution < 1.29 is 4.79 Å². The summed E-state index contributed by atoms with van der Waals surface area (Å²) in [5.41, 5.74) is 0. The van der Waals surface area contributed by atoms with Gasteiger partial charge in [0.15, 0.2) is 0 Å². The van der Waals surface area contributed by atoms with Gasteiger partial charge in [-0.1, -0.05) is 6.07 Å². The van der Waals surface area contributed by atoms with E-state index in [9.17, 15) is 4.79 Å². The topological polar surface area (TPSA) is 23.6 Å². The van der Waals surface area contributed by atoms with Gasteiger partial charge < -0.3 is 4.90 Å². The van der Waals surface area contributed by atoms with Gasteiger partial charge in [0, 0.05) is 44.5 Å². The van der Waals surface area contributed by atoms with Crippen molar-refractivity contribution in [1.29, 1.82) is 0 Å². The van der Waals surface area contributed by atoms with Crippen LogP contribution in [0.15, 0.2) is 17.5 Å². The third-order valence-corrected chi connectivity index (χ3v) is 4.58. The number of halogens is 1. The SMILES string of the molecule is CC(=O)N1CCN(CC(Cl)c2cccs2)CC1. The Bertz CT molecular complexity index is 361. The Labute approximate surface area is 111 Å². The van der Waals surface area contributed by atoms with E-state index in [4.69, 9.17) is 11.6 Å². The summed E-state index contributed by atoms with van der Waals surface area (Å²) in [6, 6.07) is 4.11. The fourth-order valence-corrected chi connectivity index (χ4v) is 3.15. The zero-order valence-electron chi connectivity index (χ0n) is 9.93. The minimum Gasteiger partial charge on any atom is -0.340 e. The number of rotatable bonds is 3.